The van der Waals surface area contributed by atoms with E-state index in [-0.39, 0.29) is 35.1 Å². The molecule has 14 aromatic rings. The van der Waals surface area contributed by atoms with Crippen molar-refractivity contribution in [2.24, 2.45) is 21.1 Å². The first-order chi connectivity index (χ1) is 46.4. The molecule has 3 aliphatic rings. The summed E-state index contributed by atoms with van der Waals surface area (Å²) in [6, 6.07) is 47.0. The third-order valence-electron chi connectivity index (χ3n) is 20.7. The number of thiazole rings is 2. The highest BCUT2D eigenvalue weighted by molar-refractivity contribution is 7.21. The van der Waals surface area contributed by atoms with Crippen LogP contribution in [0.15, 0.2) is 200 Å². The molecule has 0 fully saturated rings. The molecular weight excluding hydrogens is 1240 g/mol. The Morgan fingerprint density at radius 1 is 0.412 bits per heavy atom. The number of benzene rings is 6. The number of aryl methyl sites for hydroxylation is 8. The molecule has 0 saturated carbocycles. The normalized spacial score (nSPS) is 16.8. The van der Waals surface area contributed by atoms with Gasteiger partial charge < -0.3 is 32.4 Å². The lowest BCUT2D eigenvalue weighted by atomic mass is 9.85. The summed E-state index contributed by atoms with van der Waals surface area (Å²) in [6.07, 6.45) is 15.7. The number of anilines is 3. The van der Waals surface area contributed by atoms with E-state index in [1.807, 2.05) is 56.5 Å². The SMILES string of the molecule is Cc1ccc2c(n1)oc1ccc(C)c(C(C)(C)N3C=CN(c4oc5ccccc5[n+]4C)[C@H]3C)c12.Cc1ccc2c(n1)oc1ccc(C)c(C(C)(C)N3C=CN(c4scc[n+]4C)[C@H]3C)c12.Cc1ccc2oc3ccccc3c2c1C(C)(C)N1C=CN(c2sc3ccccc3[n+]2C)[C@H]1C. The largest absolute Gasteiger partial charge is 0.463 e. The average Bonchev–Trinajstić information content (AvgIpc) is 1.63. The summed E-state index contributed by atoms with van der Waals surface area (Å²) in [5, 5.41) is 11.4. The number of pyridine rings is 2. The molecule has 11 heterocycles. The molecule has 0 radical (unpaired) electrons. The van der Waals surface area contributed by atoms with E-state index in [1.165, 1.54) is 70.0 Å². The smallest absolute Gasteiger partial charge is 0.456 e. The minimum absolute atomic E-state index is 0.0509. The summed E-state index contributed by atoms with van der Waals surface area (Å²) in [5.41, 5.74) is 17.0. The molecule has 492 valence electrons. The molecule has 17 heteroatoms. The molecule has 3 aliphatic heterocycles. The highest BCUT2D eigenvalue weighted by Gasteiger charge is 2.47. The lowest BCUT2D eigenvalue weighted by Gasteiger charge is -2.40. The Morgan fingerprint density at radius 2 is 0.856 bits per heavy atom. The Balaban J connectivity index is 0.000000119. The van der Waals surface area contributed by atoms with Crippen LogP contribution in [0, 0.1) is 34.6 Å². The van der Waals surface area contributed by atoms with Crippen LogP contribution in [-0.4, -0.2) is 43.2 Å². The van der Waals surface area contributed by atoms with Crippen molar-refractivity contribution < 1.29 is 31.4 Å². The summed E-state index contributed by atoms with van der Waals surface area (Å²) >= 11 is 3.60. The van der Waals surface area contributed by atoms with E-state index in [0.717, 1.165) is 67.0 Å². The monoisotopic (exact) mass is 1330 g/mol. The van der Waals surface area contributed by atoms with Crippen molar-refractivity contribution in [1.29, 1.82) is 0 Å². The number of para-hydroxylation sites is 4. The van der Waals surface area contributed by atoms with Gasteiger partial charge in [0.25, 0.3) is 0 Å². The molecule has 6 aromatic carbocycles. The lowest BCUT2D eigenvalue weighted by molar-refractivity contribution is -0.654. The van der Waals surface area contributed by atoms with Crippen molar-refractivity contribution in [1.82, 2.24) is 24.7 Å². The molecule has 0 spiro atoms. The van der Waals surface area contributed by atoms with Crippen LogP contribution in [0.1, 0.15) is 107 Å². The van der Waals surface area contributed by atoms with E-state index in [4.69, 9.17) is 17.7 Å². The third kappa shape index (κ3) is 10.1. The number of nitrogens with zero attached hydrogens (tertiary/aromatic N) is 11. The Hall–Kier alpha value is -9.97. The van der Waals surface area contributed by atoms with E-state index in [0.29, 0.717) is 11.4 Å². The Labute approximate surface area is 573 Å². The molecular formula is C80H84N11O4S2+3. The quantitative estimate of drug-likeness (QED) is 0.128. The molecule has 8 aromatic heterocycles. The van der Waals surface area contributed by atoms with Gasteiger partial charge in [0.15, 0.2) is 29.6 Å². The van der Waals surface area contributed by atoms with E-state index < -0.39 is 0 Å². The highest BCUT2D eigenvalue weighted by Crippen LogP contribution is 2.48. The number of hydrogen-bond donors (Lipinski definition) is 0. The first-order valence-corrected chi connectivity index (χ1v) is 35.1. The van der Waals surface area contributed by atoms with Crippen LogP contribution in [0.25, 0.3) is 87.4 Å². The van der Waals surface area contributed by atoms with Crippen LogP contribution in [0.2, 0.25) is 0 Å². The summed E-state index contributed by atoms with van der Waals surface area (Å²) in [4.78, 5) is 23.5. The molecule has 3 atom stereocenters. The second kappa shape index (κ2) is 23.4. The van der Waals surface area contributed by atoms with Crippen LogP contribution < -0.4 is 28.4 Å². The number of aromatic nitrogens is 5. The predicted molar refractivity (Wildman–Crippen MR) is 394 cm³/mol. The maximum Gasteiger partial charge on any atom is 0.463 e. The number of hydrogen-bond acceptors (Lipinski definition) is 14. The molecule has 0 saturated heterocycles. The van der Waals surface area contributed by atoms with Crippen molar-refractivity contribution in [3.8, 4) is 0 Å². The topological polar surface area (TPSA) is 109 Å². The van der Waals surface area contributed by atoms with Gasteiger partial charge in [-0.2, -0.15) is 9.47 Å². The number of furan rings is 3. The second-order valence-electron chi connectivity index (χ2n) is 27.8. The van der Waals surface area contributed by atoms with E-state index in [1.54, 1.807) is 11.3 Å². The molecule has 17 rings (SSSR count). The summed E-state index contributed by atoms with van der Waals surface area (Å²) in [6.45, 7) is 31.1. The van der Waals surface area contributed by atoms with Gasteiger partial charge in [0.05, 0.1) is 42.5 Å². The zero-order valence-electron chi connectivity index (χ0n) is 58.4. The number of oxazole rings is 1. The Morgan fingerprint density at radius 3 is 1.36 bits per heavy atom. The third-order valence-corrected chi connectivity index (χ3v) is 22.9. The first-order valence-electron chi connectivity index (χ1n) is 33.4. The predicted octanol–water partition coefficient (Wildman–Crippen LogP) is 18.2. The van der Waals surface area contributed by atoms with Gasteiger partial charge in [-0.3, -0.25) is 0 Å². The van der Waals surface area contributed by atoms with Gasteiger partial charge in [-0.25, -0.2) is 28.9 Å². The summed E-state index contributed by atoms with van der Waals surface area (Å²) in [5.74, 6) is 0. The van der Waals surface area contributed by atoms with Crippen LogP contribution in [0.4, 0.5) is 16.3 Å². The van der Waals surface area contributed by atoms with Crippen molar-refractivity contribution in [3.05, 3.63) is 227 Å². The fourth-order valence-electron chi connectivity index (χ4n) is 16.0. The van der Waals surface area contributed by atoms with Crippen LogP contribution in [0.5, 0.6) is 0 Å². The summed E-state index contributed by atoms with van der Waals surface area (Å²) in [7, 11) is 6.30. The van der Waals surface area contributed by atoms with Gasteiger partial charge in [0.1, 0.15) is 52.6 Å². The van der Waals surface area contributed by atoms with Crippen molar-refractivity contribution >= 4 is 126 Å². The highest BCUT2D eigenvalue weighted by atomic mass is 32.1. The fraction of sp³-hybridized carbons (Fsp3) is 0.287. The van der Waals surface area contributed by atoms with Crippen LogP contribution in [-0.2, 0) is 37.8 Å². The Kier molecular flexibility index (Phi) is 15.2. The van der Waals surface area contributed by atoms with Gasteiger partial charge in [-0.1, -0.05) is 72.0 Å². The molecule has 0 N–H and O–H groups in total. The second-order valence-corrected chi connectivity index (χ2v) is 29.7. The Bertz CT molecular complexity index is 5540. The number of rotatable bonds is 9. The molecule has 0 aliphatic carbocycles. The van der Waals surface area contributed by atoms with Crippen LogP contribution >= 0.6 is 22.7 Å². The minimum atomic E-state index is -0.319. The van der Waals surface area contributed by atoms with Crippen molar-refractivity contribution in [2.75, 3.05) is 14.7 Å². The van der Waals surface area contributed by atoms with Gasteiger partial charge in [-0.05, 0) is 214 Å². The molecule has 0 amide bonds. The minimum Gasteiger partial charge on any atom is -0.456 e. The van der Waals surface area contributed by atoms with E-state index in [2.05, 4.69) is 308 Å². The van der Waals surface area contributed by atoms with Gasteiger partial charge >= 0.3 is 16.3 Å². The van der Waals surface area contributed by atoms with Crippen molar-refractivity contribution in [2.45, 2.75) is 132 Å². The first kappa shape index (κ1) is 63.1. The van der Waals surface area contributed by atoms with E-state index in [9.17, 15) is 0 Å². The zero-order valence-corrected chi connectivity index (χ0v) is 60.1. The maximum atomic E-state index is 6.26. The van der Waals surface area contributed by atoms with Gasteiger partial charge in [0, 0.05) is 67.7 Å². The lowest BCUT2D eigenvalue weighted by Crippen LogP contribution is -2.48. The molecule has 0 unspecified atom stereocenters. The maximum absolute atomic E-state index is 6.26. The zero-order chi connectivity index (χ0) is 67.9. The standard InChI is InChI=1S/C28H29N4O2.C28H28N3OS.C24H27N4OS/c1-17-11-14-23-24(20-13-12-18(2)29-26(20)33-23)25(17)28(4,5)32-16-15-31(19(32)3)27-30(6)21-9-7-8-10-22(21)34-27;1-18-14-15-23-25(20-10-6-8-12-22(20)32-23)26(18)28(3,4)31-17-16-30(19(31)2)27-29(5)21-11-7-9-13-24(21)33-27;1-15-7-10-19-20(18-9-8-16(2)25-22(18)29-19)21(15)24(4,5)28-12-11-27(17(28)3)23-26(6)13-14-30-23/h7-16,19H,1-6H3;6-17,19H,1-5H3;7-14,17H,1-6H3/q3*+1/t2*19-;17-/m111/s1. The van der Waals surface area contributed by atoms with Crippen LogP contribution in [0.3, 0.4) is 0 Å². The van der Waals surface area contributed by atoms with Gasteiger partial charge in [-0.15, -0.1) is 0 Å². The summed E-state index contributed by atoms with van der Waals surface area (Å²) < 4.78 is 32.7. The average molecular weight is 1330 g/mol. The van der Waals surface area contributed by atoms with E-state index >= 15 is 0 Å². The molecule has 97 heavy (non-hydrogen) atoms. The molecule has 0 bridgehead atoms. The van der Waals surface area contributed by atoms with Gasteiger partial charge in [0.2, 0.25) is 11.4 Å². The van der Waals surface area contributed by atoms with Crippen molar-refractivity contribution in [3.63, 3.8) is 0 Å². The fourth-order valence-corrected chi connectivity index (χ4v) is 18.1. The molecule has 15 nitrogen and oxygen atoms in total. The number of fused-ring (bicyclic) bond motifs is 11.